The Morgan fingerprint density at radius 2 is 1.78 bits per heavy atom. The van der Waals surface area contributed by atoms with Crippen molar-refractivity contribution in [2.45, 2.75) is 37.5 Å². The van der Waals surface area contributed by atoms with Crippen molar-refractivity contribution < 1.29 is 14.6 Å². The zero-order valence-electron chi connectivity index (χ0n) is 20.0. The number of hydrogen-bond acceptors (Lipinski definition) is 4. The van der Waals surface area contributed by atoms with Gasteiger partial charge in [0, 0.05) is 22.6 Å². The molecule has 1 heterocycles. The SMILES string of the molecule is Nc1nccc2ccc(-c3ccc4c(c3)C(COc3ccccc3CC(=O)O)=CC43CCCC3)cc12. The summed E-state index contributed by atoms with van der Waals surface area (Å²) in [6.45, 7) is 0.406. The van der Waals surface area contributed by atoms with E-state index in [0.717, 1.165) is 34.7 Å². The highest BCUT2D eigenvalue weighted by Gasteiger charge is 2.40. The predicted octanol–water partition coefficient (Wildman–Crippen LogP) is 6.40. The summed E-state index contributed by atoms with van der Waals surface area (Å²) in [6.07, 6.45) is 8.84. The van der Waals surface area contributed by atoms with Gasteiger partial charge in [-0.05, 0) is 70.3 Å². The van der Waals surface area contributed by atoms with E-state index in [9.17, 15) is 9.90 Å². The molecule has 1 saturated carbocycles. The zero-order valence-corrected chi connectivity index (χ0v) is 20.0. The number of para-hydroxylation sites is 1. The summed E-state index contributed by atoms with van der Waals surface area (Å²) in [7, 11) is 0. The Morgan fingerprint density at radius 1 is 1.00 bits per heavy atom. The molecule has 0 amide bonds. The van der Waals surface area contributed by atoms with Gasteiger partial charge < -0.3 is 15.6 Å². The molecule has 5 nitrogen and oxygen atoms in total. The van der Waals surface area contributed by atoms with Crippen molar-refractivity contribution in [1.29, 1.82) is 0 Å². The monoisotopic (exact) mass is 476 g/mol. The van der Waals surface area contributed by atoms with Gasteiger partial charge in [-0.3, -0.25) is 4.79 Å². The van der Waals surface area contributed by atoms with Gasteiger partial charge in [0.15, 0.2) is 0 Å². The Hall–Kier alpha value is -4.12. The third kappa shape index (κ3) is 3.91. The average molecular weight is 477 g/mol. The fraction of sp³-hybridized carbons (Fsp3) is 0.226. The van der Waals surface area contributed by atoms with E-state index in [-0.39, 0.29) is 11.8 Å². The van der Waals surface area contributed by atoms with E-state index in [1.807, 2.05) is 30.3 Å². The van der Waals surface area contributed by atoms with E-state index in [2.05, 4.69) is 47.5 Å². The van der Waals surface area contributed by atoms with E-state index in [0.29, 0.717) is 23.7 Å². The minimum atomic E-state index is -0.864. The molecule has 0 atom stereocenters. The summed E-state index contributed by atoms with van der Waals surface area (Å²) < 4.78 is 6.24. The molecule has 2 aliphatic carbocycles. The molecule has 3 aromatic carbocycles. The van der Waals surface area contributed by atoms with Crippen LogP contribution in [0.4, 0.5) is 5.82 Å². The van der Waals surface area contributed by atoms with E-state index in [1.54, 1.807) is 6.20 Å². The van der Waals surface area contributed by atoms with Gasteiger partial charge in [-0.2, -0.15) is 0 Å². The van der Waals surface area contributed by atoms with Gasteiger partial charge >= 0.3 is 5.97 Å². The molecule has 3 N–H and O–H groups in total. The van der Waals surface area contributed by atoms with E-state index < -0.39 is 5.97 Å². The van der Waals surface area contributed by atoms with Crippen molar-refractivity contribution >= 4 is 28.1 Å². The van der Waals surface area contributed by atoms with Crippen molar-refractivity contribution in [2.75, 3.05) is 12.3 Å². The lowest BCUT2D eigenvalue weighted by Crippen LogP contribution is -2.16. The largest absolute Gasteiger partial charge is 0.489 e. The Bertz CT molecular complexity index is 1520. The minimum Gasteiger partial charge on any atom is -0.489 e. The fourth-order valence-electron chi connectivity index (χ4n) is 5.93. The second kappa shape index (κ2) is 8.83. The number of anilines is 1. The molecule has 36 heavy (non-hydrogen) atoms. The van der Waals surface area contributed by atoms with Crippen LogP contribution in [0, 0.1) is 0 Å². The lowest BCUT2D eigenvalue weighted by Gasteiger charge is -2.23. The Balaban J connectivity index is 1.37. The number of hydrogen-bond donors (Lipinski definition) is 2. The minimum absolute atomic E-state index is 0.0557. The molecular formula is C31H28N2O3. The molecule has 4 aromatic rings. The van der Waals surface area contributed by atoms with Crippen LogP contribution in [0.3, 0.4) is 0 Å². The molecule has 1 spiro atoms. The number of aliphatic carboxylic acids is 1. The summed E-state index contributed by atoms with van der Waals surface area (Å²) in [5.74, 6) is 0.301. The quantitative estimate of drug-likeness (QED) is 0.336. The number of benzene rings is 3. The van der Waals surface area contributed by atoms with E-state index in [1.165, 1.54) is 29.5 Å². The first kappa shape index (κ1) is 22.4. The number of rotatable bonds is 6. The van der Waals surface area contributed by atoms with Crippen LogP contribution in [-0.2, 0) is 16.6 Å². The van der Waals surface area contributed by atoms with Crippen LogP contribution in [-0.4, -0.2) is 22.7 Å². The van der Waals surface area contributed by atoms with Crippen LogP contribution in [0.15, 0.2) is 79.0 Å². The summed E-state index contributed by atoms with van der Waals surface area (Å²) >= 11 is 0. The van der Waals surface area contributed by atoms with Crippen molar-refractivity contribution in [3.8, 4) is 16.9 Å². The van der Waals surface area contributed by atoms with Crippen LogP contribution < -0.4 is 10.5 Å². The van der Waals surface area contributed by atoms with Crippen molar-refractivity contribution in [3.05, 3.63) is 95.7 Å². The molecule has 0 unspecified atom stereocenters. The molecule has 5 heteroatoms. The Labute approximate surface area is 210 Å². The first-order valence-corrected chi connectivity index (χ1v) is 12.5. The fourth-order valence-corrected chi connectivity index (χ4v) is 5.93. The first-order valence-electron chi connectivity index (χ1n) is 12.5. The predicted molar refractivity (Wildman–Crippen MR) is 143 cm³/mol. The standard InChI is InChI=1S/C31H28N2O3/c32-30-26-16-21(8-7-20(26)11-14-33-30)22-9-10-27-25(15-22)24(18-31(27)12-3-4-13-31)19-36-28-6-2-1-5-23(28)17-29(34)35/h1-2,5-11,14-16,18H,3-4,12-13,17,19H2,(H2,32,33)(H,34,35). The summed E-state index contributed by atoms with van der Waals surface area (Å²) in [4.78, 5) is 15.6. The number of carbonyl (C=O) groups is 1. The Morgan fingerprint density at radius 3 is 2.61 bits per heavy atom. The molecule has 0 aliphatic heterocycles. The molecular weight excluding hydrogens is 448 g/mol. The maximum atomic E-state index is 11.3. The lowest BCUT2D eigenvalue weighted by molar-refractivity contribution is -0.136. The van der Waals surface area contributed by atoms with Crippen LogP contribution >= 0.6 is 0 Å². The average Bonchev–Trinajstić information content (AvgIpc) is 3.48. The number of nitrogens with two attached hydrogens (primary N) is 1. The van der Waals surface area contributed by atoms with Gasteiger partial charge in [0.2, 0.25) is 0 Å². The smallest absolute Gasteiger partial charge is 0.307 e. The maximum Gasteiger partial charge on any atom is 0.307 e. The van der Waals surface area contributed by atoms with Gasteiger partial charge in [0.25, 0.3) is 0 Å². The number of carboxylic acids is 1. The number of fused-ring (bicyclic) bond motifs is 3. The highest BCUT2D eigenvalue weighted by atomic mass is 16.5. The lowest BCUT2D eigenvalue weighted by atomic mass is 9.80. The van der Waals surface area contributed by atoms with E-state index in [4.69, 9.17) is 10.5 Å². The van der Waals surface area contributed by atoms with Crippen molar-refractivity contribution in [2.24, 2.45) is 0 Å². The number of allylic oxidation sites excluding steroid dienone is 1. The van der Waals surface area contributed by atoms with E-state index >= 15 is 0 Å². The van der Waals surface area contributed by atoms with Crippen molar-refractivity contribution in [1.82, 2.24) is 4.98 Å². The number of ether oxygens (including phenoxy) is 1. The summed E-state index contributed by atoms with van der Waals surface area (Å²) in [6, 6.07) is 22.5. The maximum absolute atomic E-state index is 11.3. The van der Waals surface area contributed by atoms with Gasteiger partial charge in [-0.1, -0.05) is 61.4 Å². The molecule has 6 rings (SSSR count). The molecule has 0 radical (unpaired) electrons. The summed E-state index contributed by atoms with van der Waals surface area (Å²) in [5.41, 5.74) is 12.9. The molecule has 180 valence electrons. The van der Waals surface area contributed by atoms with Crippen LogP contribution in [0.25, 0.3) is 27.5 Å². The zero-order chi connectivity index (χ0) is 24.7. The van der Waals surface area contributed by atoms with Crippen LogP contribution in [0.1, 0.15) is 42.4 Å². The molecule has 1 aromatic heterocycles. The number of nitrogen functional groups attached to an aromatic ring is 1. The van der Waals surface area contributed by atoms with Crippen LogP contribution in [0.5, 0.6) is 5.75 Å². The van der Waals surface area contributed by atoms with Crippen LogP contribution in [0.2, 0.25) is 0 Å². The number of carboxylic acid groups (broad SMARTS) is 1. The number of nitrogens with zero attached hydrogens (tertiary/aromatic N) is 1. The summed E-state index contributed by atoms with van der Waals surface area (Å²) in [5, 5.41) is 11.3. The van der Waals surface area contributed by atoms with Gasteiger partial charge in [0.05, 0.1) is 6.42 Å². The second-order valence-corrected chi connectivity index (χ2v) is 9.89. The topological polar surface area (TPSA) is 85.4 Å². The third-order valence-electron chi connectivity index (χ3n) is 7.68. The van der Waals surface area contributed by atoms with Crippen molar-refractivity contribution in [3.63, 3.8) is 0 Å². The highest BCUT2D eigenvalue weighted by Crippen LogP contribution is 2.51. The van der Waals surface area contributed by atoms with Gasteiger partial charge in [-0.15, -0.1) is 0 Å². The van der Waals surface area contributed by atoms with Gasteiger partial charge in [-0.25, -0.2) is 4.98 Å². The molecule has 1 fully saturated rings. The van der Waals surface area contributed by atoms with Gasteiger partial charge in [0.1, 0.15) is 18.2 Å². The second-order valence-electron chi connectivity index (χ2n) is 9.89. The first-order chi connectivity index (χ1) is 17.5. The number of aromatic nitrogens is 1. The molecule has 0 bridgehead atoms. The third-order valence-corrected chi connectivity index (χ3v) is 7.68. The Kier molecular flexibility index (Phi) is 5.48. The number of pyridine rings is 1. The normalized spacial score (nSPS) is 15.7. The highest BCUT2D eigenvalue weighted by molar-refractivity contribution is 5.94. The molecule has 0 saturated heterocycles. The molecule has 2 aliphatic rings.